The smallest absolute Gasteiger partial charge is 0.246 e. The summed E-state index contributed by atoms with van der Waals surface area (Å²) in [6.07, 6.45) is 3.48. The van der Waals surface area contributed by atoms with Gasteiger partial charge in [0.05, 0.1) is 11.4 Å². The summed E-state index contributed by atoms with van der Waals surface area (Å²) in [5.74, 6) is 0.0242. The maximum absolute atomic E-state index is 12.4. The Morgan fingerprint density at radius 2 is 1.81 bits per heavy atom. The van der Waals surface area contributed by atoms with Crippen molar-refractivity contribution in [2.75, 3.05) is 36.4 Å². The zero-order valence-electron chi connectivity index (χ0n) is 14.8. The van der Waals surface area contributed by atoms with E-state index in [4.69, 9.17) is 29.6 Å². The van der Waals surface area contributed by atoms with Gasteiger partial charge >= 0.3 is 0 Å². The largest absolute Gasteiger partial charge is 0.376 e. The molecule has 1 aliphatic rings. The van der Waals surface area contributed by atoms with Crippen LogP contribution in [0.15, 0.2) is 54.6 Å². The van der Waals surface area contributed by atoms with E-state index in [9.17, 15) is 4.79 Å². The fourth-order valence-corrected chi connectivity index (χ4v) is 3.30. The van der Waals surface area contributed by atoms with E-state index in [2.05, 4.69) is 10.2 Å². The van der Waals surface area contributed by atoms with Crippen molar-refractivity contribution in [1.29, 1.82) is 0 Å². The fraction of sp³-hybridized carbons (Fsp3) is 0.200. The Kier molecular flexibility index (Phi) is 6.32. The predicted octanol–water partition coefficient (Wildman–Crippen LogP) is 3.36. The first-order valence-corrected chi connectivity index (χ1v) is 9.44. The second-order valence-corrected chi connectivity index (χ2v) is 7.08. The number of rotatable bonds is 4. The standard InChI is InChI=1S/C20H21ClN4OS/c21-16-7-8-18(17(14-16)23-20(22)27)24-10-12-25(13-11-24)19(26)9-6-15-4-2-1-3-5-15/h1-9,14H,10-13H2,(H3,22,23,27). The van der Waals surface area contributed by atoms with Crippen LogP contribution >= 0.6 is 23.8 Å². The molecule has 0 aromatic heterocycles. The summed E-state index contributed by atoms with van der Waals surface area (Å²) >= 11 is 11.0. The van der Waals surface area contributed by atoms with E-state index in [1.807, 2.05) is 53.4 Å². The van der Waals surface area contributed by atoms with Crippen molar-refractivity contribution < 1.29 is 4.79 Å². The Morgan fingerprint density at radius 3 is 2.48 bits per heavy atom. The molecular formula is C20H21ClN4OS. The third kappa shape index (κ3) is 5.21. The minimum absolute atomic E-state index is 0.0242. The Balaban J connectivity index is 1.63. The van der Waals surface area contributed by atoms with Gasteiger partial charge in [0.2, 0.25) is 5.91 Å². The average molecular weight is 401 g/mol. The molecule has 0 aliphatic carbocycles. The summed E-state index contributed by atoms with van der Waals surface area (Å²) in [5, 5.41) is 3.78. The van der Waals surface area contributed by atoms with Gasteiger partial charge in [-0.3, -0.25) is 4.79 Å². The molecule has 5 nitrogen and oxygen atoms in total. The van der Waals surface area contributed by atoms with E-state index >= 15 is 0 Å². The van der Waals surface area contributed by atoms with Crippen molar-refractivity contribution in [3.05, 3.63) is 65.2 Å². The van der Waals surface area contributed by atoms with Gasteiger partial charge in [-0.2, -0.15) is 0 Å². The Morgan fingerprint density at radius 1 is 1.11 bits per heavy atom. The summed E-state index contributed by atoms with van der Waals surface area (Å²) < 4.78 is 0. The van der Waals surface area contributed by atoms with E-state index in [0.29, 0.717) is 18.1 Å². The lowest BCUT2D eigenvalue weighted by molar-refractivity contribution is -0.126. The molecule has 0 unspecified atom stereocenters. The number of benzene rings is 2. The molecule has 140 valence electrons. The number of hydrogen-bond donors (Lipinski definition) is 2. The number of nitrogens with zero attached hydrogens (tertiary/aromatic N) is 2. The molecule has 0 bridgehead atoms. The number of anilines is 2. The molecule has 0 saturated carbocycles. The molecule has 2 aromatic carbocycles. The van der Waals surface area contributed by atoms with E-state index in [0.717, 1.165) is 30.0 Å². The third-order valence-electron chi connectivity index (χ3n) is 4.37. The van der Waals surface area contributed by atoms with Gasteiger partial charge in [-0.15, -0.1) is 0 Å². The number of carbonyl (C=O) groups is 1. The van der Waals surface area contributed by atoms with E-state index in [1.54, 1.807) is 12.1 Å². The van der Waals surface area contributed by atoms with E-state index < -0.39 is 0 Å². The molecule has 1 fully saturated rings. The van der Waals surface area contributed by atoms with Crippen LogP contribution in [0.5, 0.6) is 0 Å². The second kappa shape index (κ2) is 8.88. The number of piperazine rings is 1. The molecule has 0 atom stereocenters. The zero-order chi connectivity index (χ0) is 19.2. The van der Waals surface area contributed by atoms with Crippen molar-refractivity contribution in [3.63, 3.8) is 0 Å². The number of nitrogens with one attached hydrogen (secondary N) is 1. The van der Waals surface area contributed by atoms with Gasteiger partial charge in [-0.1, -0.05) is 41.9 Å². The molecule has 1 aliphatic heterocycles. The quantitative estimate of drug-likeness (QED) is 0.608. The summed E-state index contributed by atoms with van der Waals surface area (Å²) in [5.41, 5.74) is 8.38. The van der Waals surface area contributed by atoms with Crippen molar-refractivity contribution >= 4 is 52.3 Å². The van der Waals surface area contributed by atoms with Gasteiger partial charge in [-0.05, 0) is 42.1 Å². The van der Waals surface area contributed by atoms with Gasteiger partial charge in [0.1, 0.15) is 0 Å². The lowest BCUT2D eigenvalue weighted by Gasteiger charge is -2.36. The first-order valence-electron chi connectivity index (χ1n) is 8.66. The van der Waals surface area contributed by atoms with Crippen LogP contribution in [0.1, 0.15) is 5.56 Å². The van der Waals surface area contributed by atoms with Gasteiger partial charge < -0.3 is 20.9 Å². The molecule has 2 aromatic rings. The second-order valence-electron chi connectivity index (χ2n) is 6.21. The predicted molar refractivity (Wildman–Crippen MR) is 116 cm³/mol. The van der Waals surface area contributed by atoms with Crippen molar-refractivity contribution in [2.45, 2.75) is 0 Å². The molecule has 1 heterocycles. The molecule has 1 saturated heterocycles. The highest BCUT2D eigenvalue weighted by molar-refractivity contribution is 7.80. The number of halogens is 1. The maximum Gasteiger partial charge on any atom is 0.246 e. The number of amides is 1. The molecular weight excluding hydrogens is 380 g/mol. The van der Waals surface area contributed by atoms with Crippen molar-refractivity contribution in [1.82, 2.24) is 4.90 Å². The van der Waals surface area contributed by atoms with Crippen LogP contribution in [-0.2, 0) is 4.79 Å². The van der Waals surface area contributed by atoms with Gasteiger partial charge in [0.15, 0.2) is 5.11 Å². The Labute approximate surface area is 169 Å². The maximum atomic E-state index is 12.4. The fourth-order valence-electron chi connectivity index (χ4n) is 3.02. The molecule has 27 heavy (non-hydrogen) atoms. The topological polar surface area (TPSA) is 61.6 Å². The monoisotopic (exact) mass is 400 g/mol. The Bertz CT molecular complexity index is 848. The van der Waals surface area contributed by atoms with Crippen LogP contribution < -0.4 is 16.0 Å². The van der Waals surface area contributed by atoms with Crippen molar-refractivity contribution in [3.8, 4) is 0 Å². The molecule has 7 heteroatoms. The summed E-state index contributed by atoms with van der Waals surface area (Å²) in [6.45, 7) is 2.73. The van der Waals surface area contributed by atoms with Gasteiger partial charge in [0.25, 0.3) is 0 Å². The minimum Gasteiger partial charge on any atom is -0.376 e. The lowest BCUT2D eigenvalue weighted by Crippen LogP contribution is -2.48. The molecule has 1 amide bonds. The van der Waals surface area contributed by atoms with Gasteiger partial charge in [-0.25, -0.2) is 0 Å². The van der Waals surface area contributed by atoms with Crippen LogP contribution in [-0.4, -0.2) is 42.1 Å². The van der Waals surface area contributed by atoms with Crippen LogP contribution in [0.4, 0.5) is 11.4 Å². The van der Waals surface area contributed by atoms with Crippen LogP contribution in [0.3, 0.4) is 0 Å². The average Bonchev–Trinajstić information content (AvgIpc) is 2.67. The molecule has 3 N–H and O–H groups in total. The third-order valence-corrected chi connectivity index (χ3v) is 4.70. The first kappa shape index (κ1) is 19.2. The SMILES string of the molecule is NC(=S)Nc1cc(Cl)ccc1N1CCN(C(=O)C=Cc2ccccc2)CC1. The highest BCUT2D eigenvalue weighted by Gasteiger charge is 2.21. The van der Waals surface area contributed by atoms with Crippen LogP contribution in [0.2, 0.25) is 5.02 Å². The van der Waals surface area contributed by atoms with Crippen LogP contribution in [0.25, 0.3) is 6.08 Å². The van der Waals surface area contributed by atoms with E-state index in [-0.39, 0.29) is 11.0 Å². The summed E-state index contributed by atoms with van der Waals surface area (Å²) in [7, 11) is 0. The highest BCUT2D eigenvalue weighted by atomic mass is 35.5. The zero-order valence-corrected chi connectivity index (χ0v) is 16.3. The normalized spacial score (nSPS) is 14.4. The number of nitrogens with two attached hydrogens (primary N) is 1. The lowest BCUT2D eigenvalue weighted by atomic mass is 10.2. The molecule has 0 spiro atoms. The van der Waals surface area contributed by atoms with E-state index in [1.165, 1.54) is 0 Å². The van der Waals surface area contributed by atoms with Crippen molar-refractivity contribution in [2.24, 2.45) is 5.73 Å². The number of hydrogen-bond acceptors (Lipinski definition) is 3. The molecule has 3 rings (SSSR count). The minimum atomic E-state index is 0.0242. The van der Waals surface area contributed by atoms with Crippen LogP contribution in [0, 0.1) is 0 Å². The number of carbonyl (C=O) groups excluding carboxylic acids is 1. The van der Waals surface area contributed by atoms with Gasteiger partial charge in [0, 0.05) is 37.3 Å². The highest BCUT2D eigenvalue weighted by Crippen LogP contribution is 2.30. The number of thiocarbonyl (C=S) groups is 1. The first-order chi connectivity index (χ1) is 13.0. The summed E-state index contributed by atoms with van der Waals surface area (Å²) in [4.78, 5) is 16.5. The molecule has 0 radical (unpaired) electrons. The summed E-state index contributed by atoms with van der Waals surface area (Å²) in [6, 6.07) is 15.4. The Hall–Kier alpha value is -2.57.